The number of aliphatic carboxylic acids is 1. The Labute approximate surface area is 174 Å². The largest absolute Gasteiger partial charge is 0.493 e. The molecule has 0 spiro atoms. The Morgan fingerprint density at radius 1 is 1.17 bits per heavy atom. The molecule has 0 bridgehead atoms. The van der Waals surface area contributed by atoms with E-state index in [1.54, 1.807) is 13.0 Å². The minimum Gasteiger partial charge on any atom is -0.493 e. The van der Waals surface area contributed by atoms with Gasteiger partial charge in [-0.3, -0.25) is 4.79 Å². The third-order valence-corrected chi connectivity index (χ3v) is 5.21. The Kier molecular flexibility index (Phi) is 6.66. The summed E-state index contributed by atoms with van der Waals surface area (Å²) in [6, 6.07) is 11.7. The zero-order chi connectivity index (χ0) is 20.9. The molecule has 1 N–H and O–H groups in total. The van der Waals surface area contributed by atoms with Crippen molar-refractivity contribution in [1.82, 2.24) is 0 Å². The molecule has 152 valence electrons. The van der Waals surface area contributed by atoms with Gasteiger partial charge in [0.05, 0.1) is 30.6 Å². The number of carbonyl (C=O) groups is 1. The molecular formula is C23H22ClFO4. The molecule has 0 aromatic heterocycles. The van der Waals surface area contributed by atoms with Crippen LogP contribution < -0.4 is 9.47 Å². The second kappa shape index (κ2) is 9.19. The molecule has 1 atom stereocenters. The molecule has 0 amide bonds. The van der Waals surface area contributed by atoms with Gasteiger partial charge in [0.2, 0.25) is 0 Å². The summed E-state index contributed by atoms with van der Waals surface area (Å²) in [4.78, 5) is 11.0. The predicted molar refractivity (Wildman–Crippen MR) is 109 cm³/mol. The molecule has 0 saturated heterocycles. The first-order valence-electron chi connectivity index (χ1n) is 9.35. The molecule has 29 heavy (non-hydrogen) atoms. The van der Waals surface area contributed by atoms with Gasteiger partial charge in [0.15, 0.2) is 0 Å². The lowest BCUT2D eigenvalue weighted by Crippen LogP contribution is -2.21. The van der Waals surface area contributed by atoms with Crippen molar-refractivity contribution in [3.8, 4) is 23.3 Å². The first kappa shape index (κ1) is 21.0. The fourth-order valence-electron chi connectivity index (χ4n) is 2.94. The van der Waals surface area contributed by atoms with E-state index < -0.39 is 11.8 Å². The van der Waals surface area contributed by atoms with E-state index in [2.05, 4.69) is 11.8 Å². The van der Waals surface area contributed by atoms with Crippen molar-refractivity contribution < 1.29 is 23.8 Å². The Balaban J connectivity index is 1.54. The molecule has 1 aliphatic rings. The topological polar surface area (TPSA) is 55.8 Å². The standard InChI is InChI=1S/C23H22ClFO4/c1-2-3-17(12-22(26)27)16-4-6-18(7-5-16)28-14-23(10-11-23)15-29-19-8-9-21(25)20(24)13-19/h4-9,13,17H,10-12,14-15H2,1H3,(H,26,27). The van der Waals surface area contributed by atoms with Crippen molar-refractivity contribution >= 4 is 17.6 Å². The van der Waals surface area contributed by atoms with Crippen LogP contribution in [0.5, 0.6) is 11.5 Å². The quantitative estimate of drug-likeness (QED) is 0.563. The van der Waals surface area contributed by atoms with Gasteiger partial charge in [-0.05, 0) is 49.6 Å². The number of halogens is 2. The predicted octanol–water partition coefficient (Wildman–Crippen LogP) is 5.30. The molecule has 1 saturated carbocycles. The van der Waals surface area contributed by atoms with Crippen LogP contribution in [-0.4, -0.2) is 24.3 Å². The molecule has 1 unspecified atom stereocenters. The van der Waals surface area contributed by atoms with Crippen LogP contribution in [0.4, 0.5) is 4.39 Å². The molecule has 1 fully saturated rings. The van der Waals surface area contributed by atoms with Crippen LogP contribution in [0.15, 0.2) is 42.5 Å². The van der Waals surface area contributed by atoms with Gasteiger partial charge in [-0.2, -0.15) is 0 Å². The average Bonchev–Trinajstić information content (AvgIpc) is 3.47. The van der Waals surface area contributed by atoms with Gasteiger partial charge < -0.3 is 14.6 Å². The highest BCUT2D eigenvalue weighted by molar-refractivity contribution is 6.30. The van der Waals surface area contributed by atoms with Crippen molar-refractivity contribution in [1.29, 1.82) is 0 Å². The van der Waals surface area contributed by atoms with Gasteiger partial charge in [-0.15, -0.1) is 5.92 Å². The van der Waals surface area contributed by atoms with Crippen molar-refractivity contribution in [3.63, 3.8) is 0 Å². The summed E-state index contributed by atoms with van der Waals surface area (Å²) in [5.41, 5.74) is 0.797. The van der Waals surface area contributed by atoms with Crippen molar-refractivity contribution in [2.24, 2.45) is 5.41 Å². The van der Waals surface area contributed by atoms with Gasteiger partial charge in [-0.1, -0.05) is 29.7 Å². The van der Waals surface area contributed by atoms with E-state index in [0.29, 0.717) is 24.7 Å². The Bertz CT molecular complexity index is 926. The molecular weight excluding hydrogens is 395 g/mol. The third-order valence-electron chi connectivity index (χ3n) is 4.92. The van der Waals surface area contributed by atoms with Crippen LogP contribution in [0.2, 0.25) is 5.02 Å². The number of rotatable bonds is 9. The zero-order valence-corrected chi connectivity index (χ0v) is 16.8. The average molecular weight is 417 g/mol. The summed E-state index contributed by atoms with van der Waals surface area (Å²) in [5, 5.41) is 9.08. The summed E-state index contributed by atoms with van der Waals surface area (Å²) in [5.74, 6) is 5.28. The summed E-state index contributed by atoms with van der Waals surface area (Å²) in [7, 11) is 0. The van der Waals surface area contributed by atoms with Crippen LogP contribution in [0.3, 0.4) is 0 Å². The second-order valence-electron chi connectivity index (χ2n) is 7.27. The highest BCUT2D eigenvalue weighted by atomic mass is 35.5. The normalized spacial score (nSPS) is 15.0. The summed E-state index contributed by atoms with van der Waals surface area (Å²) in [6.45, 7) is 2.68. The van der Waals surface area contributed by atoms with Crippen molar-refractivity contribution in [3.05, 3.63) is 58.9 Å². The molecule has 0 aliphatic heterocycles. The number of carboxylic acids is 1. The summed E-state index contributed by atoms with van der Waals surface area (Å²) < 4.78 is 24.9. The molecule has 4 nitrogen and oxygen atoms in total. The van der Waals surface area contributed by atoms with Crippen LogP contribution in [0.1, 0.15) is 37.7 Å². The fourth-order valence-corrected chi connectivity index (χ4v) is 3.11. The Morgan fingerprint density at radius 3 is 2.34 bits per heavy atom. The summed E-state index contributed by atoms with van der Waals surface area (Å²) in [6.07, 6.45) is 1.95. The minimum absolute atomic E-state index is 0.0328. The number of ether oxygens (including phenoxy) is 2. The first-order chi connectivity index (χ1) is 13.9. The highest BCUT2D eigenvalue weighted by Crippen LogP contribution is 2.46. The highest BCUT2D eigenvalue weighted by Gasteiger charge is 2.44. The second-order valence-corrected chi connectivity index (χ2v) is 7.67. The smallest absolute Gasteiger partial charge is 0.304 e. The van der Waals surface area contributed by atoms with E-state index in [0.717, 1.165) is 18.4 Å². The van der Waals surface area contributed by atoms with Crippen LogP contribution in [0, 0.1) is 23.1 Å². The first-order valence-corrected chi connectivity index (χ1v) is 9.73. The number of benzene rings is 2. The summed E-state index contributed by atoms with van der Waals surface area (Å²) >= 11 is 5.78. The Hall–Kier alpha value is -2.71. The van der Waals surface area contributed by atoms with Crippen LogP contribution in [-0.2, 0) is 4.79 Å². The van der Waals surface area contributed by atoms with Crippen molar-refractivity contribution in [2.45, 2.75) is 32.1 Å². The van der Waals surface area contributed by atoms with Crippen molar-refractivity contribution in [2.75, 3.05) is 13.2 Å². The lowest BCUT2D eigenvalue weighted by Gasteiger charge is -2.18. The molecule has 2 aromatic carbocycles. The lowest BCUT2D eigenvalue weighted by molar-refractivity contribution is -0.137. The van der Waals surface area contributed by atoms with E-state index >= 15 is 0 Å². The number of hydrogen-bond acceptors (Lipinski definition) is 3. The molecule has 3 rings (SSSR count). The van der Waals surface area contributed by atoms with Gasteiger partial charge >= 0.3 is 5.97 Å². The van der Waals surface area contributed by atoms with Gasteiger partial charge in [-0.25, -0.2) is 4.39 Å². The van der Waals surface area contributed by atoms with Gasteiger partial charge in [0.25, 0.3) is 0 Å². The van der Waals surface area contributed by atoms with Crippen LogP contribution >= 0.6 is 11.6 Å². The maximum absolute atomic E-state index is 13.2. The van der Waals surface area contributed by atoms with E-state index in [9.17, 15) is 9.18 Å². The molecule has 2 aromatic rings. The molecule has 0 heterocycles. The van der Waals surface area contributed by atoms with Gasteiger partial charge in [0, 0.05) is 11.5 Å². The Morgan fingerprint density at radius 2 is 1.79 bits per heavy atom. The lowest BCUT2D eigenvalue weighted by atomic mass is 9.96. The molecule has 1 aliphatic carbocycles. The molecule has 0 radical (unpaired) electrons. The molecule has 6 heteroatoms. The zero-order valence-electron chi connectivity index (χ0n) is 16.1. The maximum Gasteiger partial charge on any atom is 0.304 e. The van der Waals surface area contributed by atoms with E-state index in [4.69, 9.17) is 26.2 Å². The number of hydrogen-bond donors (Lipinski definition) is 1. The maximum atomic E-state index is 13.2. The minimum atomic E-state index is -0.879. The van der Waals surface area contributed by atoms with E-state index in [-0.39, 0.29) is 22.8 Å². The third kappa shape index (κ3) is 5.88. The van der Waals surface area contributed by atoms with Gasteiger partial charge in [0.1, 0.15) is 17.3 Å². The number of carboxylic acid groups (broad SMARTS) is 1. The SMILES string of the molecule is CC#CC(CC(=O)O)c1ccc(OCC2(COc3ccc(F)c(Cl)c3)CC2)cc1. The fraction of sp³-hybridized carbons (Fsp3) is 0.348. The monoisotopic (exact) mass is 416 g/mol. The van der Waals surface area contributed by atoms with E-state index in [1.807, 2.05) is 24.3 Å². The van der Waals surface area contributed by atoms with Crippen LogP contribution in [0.25, 0.3) is 0 Å². The van der Waals surface area contributed by atoms with E-state index in [1.165, 1.54) is 12.1 Å².